The van der Waals surface area contributed by atoms with E-state index in [-0.39, 0.29) is 5.56 Å². The Hall–Kier alpha value is -2.54. The molecular weight excluding hydrogens is 243 g/mol. The minimum atomic E-state index is -0.506. The van der Waals surface area contributed by atoms with Crippen LogP contribution in [-0.4, -0.2) is 13.2 Å². The third-order valence-corrected chi connectivity index (χ3v) is 2.53. The lowest BCUT2D eigenvalue weighted by molar-refractivity contribution is 0.333. The van der Waals surface area contributed by atoms with E-state index in [1.165, 1.54) is 12.1 Å². The van der Waals surface area contributed by atoms with Gasteiger partial charge in [0.2, 0.25) is 0 Å². The summed E-state index contributed by atoms with van der Waals surface area (Å²) in [6.45, 7) is 1.06. The Kier molecular flexibility index (Phi) is 4.35. The monoisotopic (exact) mass is 256 g/mol. The molecule has 0 saturated carbocycles. The van der Waals surface area contributed by atoms with Crippen molar-refractivity contribution in [2.24, 2.45) is 0 Å². The first-order valence-corrected chi connectivity index (χ1v) is 5.91. The van der Waals surface area contributed by atoms with Gasteiger partial charge >= 0.3 is 0 Å². The molecule has 0 aliphatic heterocycles. The zero-order valence-electron chi connectivity index (χ0n) is 10.3. The summed E-state index contributed by atoms with van der Waals surface area (Å²) in [6.07, 6.45) is 0. The number of nitrogens with zero attached hydrogens (tertiary/aromatic N) is 1. The van der Waals surface area contributed by atoms with Gasteiger partial charge in [0.25, 0.3) is 0 Å². The number of nitrogens with one attached hydrogen (secondary N) is 1. The van der Waals surface area contributed by atoms with Gasteiger partial charge in [0, 0.05) is 12.2 Å². The van der Waals surface area contributed by atoms with E-state index >= 15 is 0 Å². The van der Waals surface area contributed by atoms with Gasteiger partial charge < -0.3 is 10.1 Å². The highest BCUT2D eigenvalue weighted by Gasteiger charge is 2.02. The second-order valence-electron chi connectivity index (χ2n) is 3.89. The maximum Gasteiger partial charge on any atom is 0.141 e. The van der Waals surface area contributed by atoms with Gasteiger partial charge in [0.05, 0.1) is 5.56 Å². The van der Waals surface area contributed by atoms with Crippen molar-refractivity contribution in [1.29, 1.82) is 5.26 Å². The average Bonchev–Trinajstić information content (AvgIpc) is 2.46. The molecule has 0 heterocycles. The summed E-state index contributed by atoms with van der Waals surface area (Å²) in [4.78, 5) is 0. The van der Waals surface area contributed by atoms with Gasteiger partial charge in [0.15, 0.2) is 0 Å². The largest absolute Gasteiger partial charge is 0.492 e. The molecule has 0 fully saturated rings. The molecule has 0 unspecified atom stereocenters. The van der Waals surface area contributed by atoms with Gasteiger partial charge in [-0.15, -0.1) is 0 Å². The molecule has 2 aromatic carbocycles. The number of anilines is 1. The normalized spacial score (nSPS) is 9.68. The zero-order valence-corrected chi connectivity index (χ0v) is 10.3. The minimum Gasteiger partial charge on any atom is -0.492 e. The molecule has 1 N–H and O–H groups in total. The topological polar surface area (TPSA) is 45.0 Å². The van der Waals surface area contributed by atoms with Crippen molar-refractivity contribution in [2.75, 3.05) is 18.5 Å². The molecule has 96 valence electrons. The lowest BCUT2D eigenvalue weighted by atomic mass is 10.2. The molecule has 0 aliphatic rings. The molecule has 2 rings (SSSR count). The van der Waals surface area contributed by atoms with Crippen LogP contribution in [0.1, 0.15) is 5.56 Å². The number of halogens is 1. The maximum atomic E-state index is 13.1. The third kappa shape index (κ3) is 3.71. The molecule has 0 spiro atoms. The smallest absolute Gasteiger partial charge is 0.141 e. The van der Waals surface area contributed by atoms with Crippen molar-refractivity contribution in [3.63, 3.8) is 0 Å². The van der Waals surface area contributed by atoms with E-state index < -0.39 is 5.82 Å². The fraction of sp³-hybridized carbons (Fsp3) is 0.133. The van der Waals surface area contributed by atoms with Crippen molar-refractivity contribution < 1.29 is 9.13 Å². The molecule has 2 aromatic rings. The summed E-state index contributed by atoms with van der Waals surface area (Å²) in [5.74, 6) is 0.301. The highest BCUT2D eigenvalue weighted by atomic mass is 19.1. The molecule has 0 aromatic heterocycles. The first-order chi connectivity index (χ1) is 9.29. The predicted molar refractivity (Wildman–Crippen MR) is 71.5 cm³/mol. The Bertz CT molecular complexity index is 578. The number of nitriles is 1. The standard InChI is InChI=1S/C15H13FN2O/c16-15-7-6-13(10-12(15)11-17)18-8-9-19-14-4-2-1-3-5-14/h1-7,10,18H,8-9H2. The Morgan fingerprint density at radius 1 is 1.16 bits per heavy atom. The highest BCUT2D eigenvalue weighted by Crippen LogP contribution is 2.13. The van der Waals surface area contributed by atoms with Crippen LogP contribution < -0.4 is 10.1 Å². The van der Waals surface area contributed by atoms with Gasteiger partial charge in [-0.05, 0) is 30.3 Å². The van der Waals surface area contributed by atoms with E-state index in [9.17, 15) is 4.39 Å². The van der Waals surface area contributed by atoms with E-state index in [2.05, 4.69) is 5.32 Å². The average molecular weight is 256 g/mol. The number of rotatable bonds is 5. The maximum absolute atomic E-state index is 13.1. The lowest BCUT2D eigenvalue weighted by Gasteiger charge is -2.08. The molecule has 4 heteroatoms. The lowest BCUT2D eigenvalue weighted by Crippen LogP contribution is -2.11. The van der Waals surface area contributed by atoms with Crippen LogP contribution in [0.25, 0.3) is 0 Å². The molecule has 0 aliphatic carbocycles. The molecule has 19 heavy (non-hydrogen) atoms. The summed E-state index contributed by atoms with van der Waals surface area (Å²) in [6, 6.07) is 15.7. The second kappa shape index (κ2) is 6.41. The Morgan fingerprint density at radius 3 is 2.68 bits per heavy atom. The first-order valence-electron chi connectivity index (χ1n) is 5.91. The number of hydrogen-bond donors (Lipinski definition) is 1. The Labute approximate surface area is 111 Å². The second-order valence-corrected chi connectivity index (χ2v) is 3.89. The van der Waals surface area contributed by atoms with Crippen LogP contribution >= 0.6 is 0 Å². The number of para-hydroxylation sites is 1. The molecule has 3 nitrogen and oxygen atoms in total. The number of ether oxygens (including phenoxy) is 1. The fourth-order valence-electron chi connectivity index (χ4n) is 1.60. The van der Waals surface area contributed by atoms with Crippen molar-refractivity contribution in [3.05, 3.63) is 59.9 Å². The summed E-state index contributed by atoms with van der Waals surface area (Å²) in [7, 11) is 0. The van der Waals surface area contributed by atoms with Gasteiger partial charge in [-0.3, -0.25) is 0 Å². The Morgan fingerprint density at radius 2 is 1.95 bits per heavy atom. The van der Waals surface area contributed by atoms with Gasteiger partial charge in [-0.2, -0.15) is 5.26 Å². The molecular formula is C15H13FN2O. The van der Waals surface area contributed by atoms with Crippen LogP contribution in [0.15, 0.2) is 48.5 Å². The molecule has 0 radical (unpaired) electrons. The van der Waals surface area contributed by atoms with E-state index in [0.29, 0.717) is 18.8 Å². The SMILES string of the molecule is N#Cc1cc(NCCOc2ccccc2)ccc1F. The number of benzene rings is 2. The third-order valence-electron chi connectivity index (χ3n) is 2.53. The fourth-order valence-corrected chi connectivity index (χ4v) is 1.60. The van der Waals surface area contributed by atoms with Gasteiger partial charge in [-0.25, -0.2) is 4.39 Å². The van der Waals surface area contributed by atoms with Crippen molar-refractivity contribution in [3.8, 4) is 11.8 Å². The molecule has 0 saturated heterocycles. The van der Waals surface area contributed by atoms with Gasteiger partial charge in [0.1, 0.15) is 24.2 Å². The van der Waals surface area contributed by atoms with Crippen LogP contribution in [0, 0.1) is 17.1 Å². The minimum absolute atomic E-state index is 0.0361. The summed E-state index contributed by atoms with van der Waals surface area (Å²) in [5, 5.41) is 11.8. The van der Waals surface area contributed by atoms with Crippen LogP contribution in [0.4, 0.5) is 10.1 Å². The van der Waals surface area contributed by atoms with E-state index in [4.69, 9.17) is 10.00 Å². The van der Waals surface area contributed by atoms with Crippen molar-refractivity contribution >= 4 is 5.69 Å². The molecule has 0 bridgehead atoms. The summed E-state index contributed by atoms with van der Waals surface area (Å²) < 4.78 is 18.6. The predicted octanol–water partition coefficient (Wildman–Crippen LogP) is 3.19. The Balaban J connectivity index is 1.82. The molecule has 0 atom stereocenters. The van der Waals surface area contributed by atoms with E-state index in [1.54, 1.807) is 12.1 Å². The van der Waals surface area contributed by atoms with E-state index in [1.807, 2.05) is 30.3 Å². The van der Waals surface area contributed by atoms with E-state index in [0.717, 1.165) is 5.75 Å². The van der Waals surface area contributed by atoms with Crippen LogP contribution in [0.2, 0.25) is 0 Å². The van der Waals surface area contributed by atoms with Crippen molar-refractivity contribution in [1.82, 2.24) is 0 Å². The highest BCUT2D eigenvalue weighted by molar-refractivity contribution is 5.49. The van der Waals surface area contributed by atoms with Crippen LogP contribution in [-0.2, 0) is 0 Å². The zero-order chi connectivity index (χ0) is 13.5. The summed E-state index contributed by atoms with van der Waals surface area (Å²) in [5.41, 5.74) is 0.739. The van der Waals surface area contributed by atoms with Crippen LogP contribution in [0.3, 0.4) is 0 Å². The molecule has 0 amide bonds. The first kappa shape index (κ1) is 12.9. The van der Waals surface area contributed by atoms with Crippen LogP contribution in [0.5, 0.6) is 5.75 Å². The quantitative estimate of drug-likeness (QED) is 0.835. The summed E-state index contributed by atoms with van der Waals surface area (Å²) >= 11 is 0. The van der Waals surface area contributed by atoms with Gasteiger partial charge in [-0.1, -0.05) is 18.2 Å². The number of hydrogen-bond acceptors (Lipinski definition) is 3. The van der Waals surface area contributed by atoms with Crippen molar-refractivity contribution in [2.45, 2.75) is 0 Å².